The maximum Gasteiger partial charge on any atom is 0.226 e. The highest BCUT2D eigenvalue weighted by molar-refractivity contribution is 6.52. The van der Waals surface area contributed by atoms with E-state index in [0.717, 1.165) is 0 Å². The largest absolute Gasteiger partial charge is 0.356 e. The third kappa shape index (κ3) is 5.54. The Morgan fingerprint density at radius 3 is 2.23 bits per heavy atom. The van der Waals surface area contributed by atoms with E-state index in [0.29, 0.717) is 43.9 Å². The van der Waals surface area contributed by atoms with Gasteiger partial charge in [-0.25, -0.2) is 0 Å². The van der Waals surface area contributed by atoms with Crippen LogP contribution in [0, 0.1) is 0 Å². The van der Waals surface area contributed by atoms with Crippen molar-refractivity contribution < 1.29 is 14.1 Å². The van der Waals surface area contributed by atoms with E-state index in [4.69, 9.17) is 50.9 Å². The molecular formula is C26H18Cl4N2O3. The van der Waals surface area contributed by atoms with Gasteiger partial charge in [0.15, 0.2) is 11.5 Å². The number of rotatable bonds is 7. The molecule has 0 fully saturated rings. The molecule has 0 radical (unpaired) electrons. The van der Waals surface area contributed by atoms with Crippen LogP contribution in [0.15, 0.2) is 83.4 Å². The molecule has 3 aromatic carbocycles. The van der Waals surface area contributed by atoms with Crippen LogP contribution in [0.3, 0.4) is 0 Å². The van der Waals surface area contributed by atoms with Gasteiger partial charge in [-0.1, -0.05) is 100 Å². The number of halogens is 4. The minimum Gasteiger partial charge on any atom is -0.356 e. The van der Waals surface area contributed by atoms with Crippen LogP contribution in [0.1, 0.15) is 23.7 Å². The highest BCUT2D eigenvalue weighted by Gasteiger charge is 2.38. The van der Waals surface area contributed by atoms with Gasteiger partial charge in [0, 0.05) is 35.4 Å². The Balaban J connectivity index is 1.65. The van der Waals surface area contributed by atoms with Gasteiger partial charge in [-0.2, -0.15) is 0 Å². The van der Waals surface area contributed by atoms with Gasteiger partial charge in [0.25, 0.3) is 0 Å². The lowest BCUT2D eigenvalue weighted by Gasteiger charge is -2.33. The summed E-state index contributed by atoms with van der Waals surface area (Å²) in [6, 6.07) is 22.3. The van der Waals surface area contributed by atoms with E-state index in [1.54, 1.807) is 78.9 Å². The second-order valence-electron chi connectivity index (χ2n) is 7.71. The zero-order valence-corrected chi connectivity index (χ0v) is 21.4. The summed E-state index contributed by atoms with van der Waals surface area (Å²) in [4.78, 5) is 26.5. The Labute approximate surface area is 222 Å². The van der Waals surface area contributed by atoms with Crippen molar-refractivity contribution in [3.8, 4) is 22.6 Å². The molecule has 0 unspecified atom stereocenters. The van der Waals surface area contributed by atoms with Crippen LogP contribution in [-0.2, 0) is 4.79 Å². The van der Waals surface area contributed by atoms with Crippen molar-refractivity contribution in [2.24, 2.45) is 0 Å². The fraction of sp³-hybridized carbons (Fsp3) is 0.115. The molecule has 35 heavy (non-hydrogen) atoms. The summed E-state index contributed by atoms with van der Waals surface area (Å²) in [5, 5.41) is 4.97. The normalized spacial score (nSPS) is 11.3. The highest BCUT2D eigenvalue weighted by atomic mass is 35.5. The second kappa shape index (κ2) is 10.4. The molecule has 0 aliphatic heterocycles. The fourth-order valence-electron chi connectivity index (χ4n) is 3.67. The molecule has 0 bridgehead atoms. The Hall–Kier alpha value is -2.83. The lowest BCUT2D eigenvalue weighted by atomic mass is 10.1. The molecule has 0 N–H and O–H groups in total. The quantitative estimate of drug-likeness (QED) is 0.133. The Bertz CT molecular complexity index is 1370. The molecule has 0 saturated heterocycles. The van der Waals surface area contributed by atoms with Gasteiger partial charge in [-0.3, -0.25) is 14.5 Å². The number of alkyl halides is 2. The topological polar surface area (TPSA) is 63.4 Å². The summed E-state index contributed by atoms with van der Waals surface area (Å²) < 4.78 is 3.70. The number of nitrogens with zero attached hydrogens (tertiary/aromatic N) is 2. The first-order chi connectivity index (χ1) is 16.7. The van der Waals surface area contributed by atoms with Gasteiger partial charge < -0.3 is 4.52 Å². The fourth-order valence-corrected chi connectivity index (χ4v) is 4.94. The smallest absolute Gasteiger partial charge is 0.226 e. The van der Waals surface area contributed by atoms with E-state index in [1.807, 2.05) is 0 Å². The van der Waals surface area contributed by atoms with Gasteiger partial charge in [0.1, 0.15) is 5.69 Å². The van der Waals surface area contributed by atoms with E-state index in [1.165, 1.54) is 11.8 Å². The van der Waals surface area contributed by atoms with Crippen LogP contribution >= 0.6 is 46.4 Å². The summed E-state index contributed by atoms with van der Waals surface area (Å²) in [5.41, 5.74) is 2.45. The third-order valence-corrected chi connectivity index (χ3v) is 6.46. The van der Waals surface area contributed by atoms with E-state index in [2.05, 4.69) is 5.16 Å². The van der Waals surface area contributed by atoms with Crippen LogP contribution < -0.4 is 4.90 Å². The van der Waals surface area contributed by atoms with Crippen LogP contribution in [-0.4, -0.2) is 21.3 Å². The van der Waals surface area contributed by atoms with E-state index >= 15 is 0 Å². The first-order valence-corrected chi connectivity index (χ1v) is 12.0. The summed E-state index contributed by atoms with van der Waals surface area (Å²) in [6.07, 6.45) is -0.304. The summed E-state index contributed by atoms with van der Waals surface area (Å²) in [7, 11) is 0. The molecule has 4 aromatic rings. The van der Waals surface area contributed by atoms with Crippen molar-refractivity contribution in [2.45, 2.75) is 17.8 Å². The number of hydrogen-bond acceptors (Lipinski definition) is 4. The molecule has 5 nitrogen and oxygen atoms in total. The van der Waals surface area contributed by atoms with Crippen molar-refractivity contribution in [2.75, 3.05) is 4.90 Å². The molecule has 9 heteroatoms. The molecule has 0 spiro atoms. The predicted octanol–water partition coefficient (Wildman–Crippen LogP) is 8.07. The van der Waals surface area contributed by atoms with Crippen molar-refractivity contribution >= 4 is 63.8 Å². The minimum absolute atomic E-state index is 0.297. The number of ketones is 1. The molecule has 0 saturated carbocycles. The second-order valence-corrected chi connectivity index (χ2v) is 9.97. The molecule has 178 valence electrons. The highest BCUT2D eigenvalue weighted by Crippen LogP contribution is 2.39. The standard InChI is InChI=1S/C26H18Cl4N2O3/c1-16(33)32(26(29,30)15-23(34)17-7-3-2-4-8-17)19-10-5-9-18(13-19)24-14-22(31-35-24)25-20(27)11-6-12-21(25)28/h2-14H,15H2,1H3. The van der Waals surface area contributed by atoms with Crippen LogP contribution in [0.4, 0.5) is 5.69 Å². The van der Waals surface area contributed by atoms with Crippen molar-refractivity contribution in [3.05, 3.63) is 94.5 Å². The van der Waals surface area contributed by atoms with E-state index in [-0.39, 0.29) is 12.2 Å². The Kier molecular flexibility index (Phi) is 7.53. The molecule has 1 heterocycles. The summed E-state index contributed by atoms with van der Waals surface area (Å²) >= 11 is 25.7. The number of benzene rings is 3. The number of carbonyl (C=O) groups excluding carboxylic acids is 2. The average Bonchev–Trinajstić information content (AvgIpc) is 3.29. The van der Waals surface area contributed by atoms with Gasteiger partial charge >= 0.3 is 0 Å². The monoisotopic (exact) mass is 546 g/mol. The van der Waals surface area contributed by atoms with Gasteiger partial charge in [-0.05, 0) is 24.3 Å². The molecule has 0 aliphatic carbocycles. The first kappa shape index (κ1) is 25.3. The molecule has 1 amide bonds. The number of amides is 1. The van der Waals surface area contributed by atoms with Crippen LogP contribution in [0.25, 0.3) is 22.6 Å². The van der Waals surface area contributed by atoms with Gasteiger partial charge in [0.05, 0.1) is 16.5 Å². The summed E-state index contributed by atoms with van der Waals surface area (Å²) in [5.74, 6) is -0.319. The van der Waals surface area contributed by atoms with Gasteiger partial charge in [0.2, 0.25) is 10.4 Å². The van der Waals surface area contributed by atoms with Crippen LogP contribution in [0.5, 0.6) is 0 Å². The van der Waals surface area contributed by atoms with E-state index in [9.17, 15) is 9.59 Å². The zero-order chi connectivity index (χ0) is 25.2. The van der Waals surface area contributed by atoms with Crippen molar-refractivity contribution in [1.82, 2.24) is 5.16 Å². The zero-order valence-electron chi connectivity index (χ0n) is 18.3. The minimum atomic E-state index is -1.82. The summed E-state index contributed by atoms with van der Waals surface area (Å²) in [6.45, 7) is 1.32. The Morgan fingerprint density at radius 2 is 1.57 bits per heavy atom. The third-order valence-electron chi connectivity index (χ3n) is 5.23. The number of Topliss-reactive ketones (excluding diaryl/α,β-unsaturated/α-hetero) is 1. The number of aromatic nitrogens is 1. The molecule has 1 aromatic heterocycles. The average molecular weight is 548 g/mol. The molecule has 4 rings (SSSR count). The number of hydrogen-bond donors (Lipinski definition) is 0. The molecule has 0 atom stereocenters. The Morgan fingerprint density at radius 1 is 0.914 bits per heavy atom. The first-order valence-electron chi connectivity index (χ1n) is 10.5. The molecular weight excluding hydrogens is 530 g/mol. The molecule has 0 aliphatic rings. The van der Waals surface area contributed by atoms with Crippen molar-refractivity contribution in [1.29, 1.82) is 0 Å². The lowest BCUT2D eigenvalue weighted by molar-refractivity contribution is -0.116. The SMILES string of the molecule is CC(=O)N(c1cccc(-c2cc(-c3c(Cl)cccc3Cl)no2)c1)C(Cl)(Cl)CC(=O)c1ccccc1. The van der Waals surface area contributed by atoms with Gasteiger partial charge in [-0.15, -0.1) is 0 Å². The van der Waals surface area contributed by atoms with Crippen molar-refractivity contribution in [3.63, 3.8) is 0 Å². The maximum absolute atomic E-state index is 12.7. The van der Waals surface area contributed by atoms with Crippen LogP contribution in [0.2, 0.25) is 10.0 Å². The lowest BCUT2D eigenvalue weighted by Crippen LogP contribution is -2.44. The number of anilines is 1. The maximum atomic E-state index is 12.7. The number of carbonyl (C=O) groups is 2. The predicted molar refractivity (Wildman–Crippen MR) is 140 cm³/mol. The van der Waals surface area contributed by atoms with E-state index < -0.39 is 10.4 Å².